The molecule has 0 radical (unpaired) electrons. The highest BCUT2D eigenvalue weighted by atomic mass is 32.2. The Morgan fingerprint density at radius 2 is 2.07 bits per heavy atom. The number of benzene rings is 2. The van der Waals surface area contributed by atoms with Crippen molar-refractivity contribution in [2.75, 3.05) is 29.7 Å². The Hall–Kier alpha value is -2.29. The van der Waals surface area contributed by atoms with Crippen LogP contribution >= 0.6 is 11.8 Å². The monoisotopic (exact) mass is 427 g/mol. The normalized spacial score (nSPS) is 19.4. The molecule has 5 rings (SSSR count). The average Bonchev–Trinajstić information content (AvgIpc) is 3.16. The first-order chi connectivity index (χ1) is 14.1. The van der Waals surface area contributed by atoms with E-state index < -0.39 is 15.1 Å². The summed E-state index contributed by atoms with van der Waals surface area (Å²) in [5, 5.41) is 0.302. The van der Waals surface area contributed by atoms with E-state index in [2.05, 4.69) is 9.88 Å². The van der Waals surface area contributed by atoms with Crippen molar-refractivity contribution in [1.82, 2.24) is 4.98 Å². The van der Waals surface area contributed by atoms with Crippen LogP contribution in [0.4, 0.5) is 17.1 Å². The van der Waals surface area contributed by atoms with Gasteiger partial charge < -0.3 is 15.4 Å². The number of nitrogens with zero attached hydrogens (tertiary/aromatic N) is 2. The van der Waals surface area contributed by atoms with E-state index in [4.69, 9.17) is 10.5 Å². The maximum atomic E-state index is 13.3. The van der Waals surface area contributed by atoms with Crippen molar-refractivity contribution in [2.45, 2.75) is 27.9 Å². The van der Waals surface area contributed by atoms with Gasteiger partial charge in [-0.15, -0.1) is 11.8 Å². The number of pyridine rings is 1. The van der Waals surface area contributed by atoms with Crippen molar-refractivity contribution >= 4 is 49.6 Å². The maximum Gasteiger partial charge on any atom is 0.185 e. The molecule has 3 heterocycles. The van der Waals surface area contributed by atoms with Crippen molar-refractivity contribution in [2.24, 2.45) is 0 Å². The van der Waals surface area contributed by atoms with Crippen LogP contribution in [-0.2, 0) is 14.6 Å². The minimum absolute atomic E-state index is 0.244. The van der Waals surface area contributed by atoms with Gasteiger partial charge in [0.15, 0.2) is 9.84 Å². The summed E-state index contributed by atoms with van der Waals surface area (Å²) in [6.07, 6.45) is 3.06. The third-order valence-electron chi connectivity index (χ3n) is 5.49. The van der Waals surface area contributed by atoms with Gasteiger partial charge in [-0.2, -0.15) is 0 Å². The lowest BCUT2D eigenvalue weighted by atomic mass is 10.1. The highest BCUT2D eigenvalue weighted by Crippen LogP contribution is 2.45. The van der Waals surface area contributed by atoms with E-state index in [9.17, 15) is 8.42 Å². The highest BCUT2D eigenvalue weighted by Gasteiger charge is 2.32. The predicted octanol–water partition coefficient (Wildman–Crippen LogP) is 3.97. The van der Waals surface area contributed by atoms with Crippen LogP contribution in [-0.4, -0.2) is 37.7 Å². The minimum atomic E-state index is -3.53. The Morgan fingerprint density at radius 3 is 2.90 bits per heavy atom. The average molecular weight is 428 g/mol. The molecule has 2 aliphatic heterocycles. The van der Waals surface area contributed by atoms with Crippen LogP contribution in [0.2, 0.25) is 0 Å². The molecule has 0 aliphatic carbocycles. The minimum Gasteiger partial charge on any atom is -0.399 e. The fourth-order valence-electron chi connectivity index (χ4n) is 4.01. The molecule has 29 heavy (non-hydrogen) atoms. The third kappa shape index (κ3) is 3.15. The summed E-state index contributed by atoms with van der Waals surface area (Å²) in [5.74, 6) is 0.741. The van der Waals surface area contributed by atoms with Gasteiger partial charge in [-0.25, -0.2) is 8.42 Å². The molecule has 8 heteroatoms. The van der Waals surface area contributed by atoms with Gasteiger partial charge in [0.2, 0.25) is 0 Å². The first kappa shape index (κ1) is 18.7. The van der Waals surface area contributed by atoms with Crippen LogP contribution in [0, 0.1) is 0 Å². The number of aromatic nitrogens is 1. The largest absolute Gasteiger partial charge is 0.399 e. The number of nitrogens with two attached hydrogens (primary N) is 1. The molecule has 0 amide bonds. The van der Waals surface area contributed by atoms with Gasteiger partial charge in [0.1, 0.15) is 0 Å². The molecule has 1 atom stereocenters. The van der Waals surface area contributed by atoms with Crippen LogP contribution in [0.1, 0.15) is 12.8 Å². The van der Waals surface area contributed by atoms with Gasteiger partial charge in [-0.1, -0.05) is 12.1 Å². The van der Waals surface area contributed by atoms with E-state index in [1.54, 1.807) is 30.1 Å². The standard InChI is InChI=1S/C21H21N3O3S2/c22-14-6-7-19-18(11-14)24(13-28-19)17-8-9-23-21-16(17)4-1-5-20(21)29(25,26)15-3-2-10-27-12-15/h1,4-9,11,15H,2-3,10,12-13,22H2/t15-/m0/s1. The number of hydrogen-bond acceptors (Lipinski definition) is 7. The molecule has 2 N–H and O–H groups in total. The number of fused-ring (bicyclic) bond motifs is 2. The first-order valence-electron chi connectivity index (χ1n) is 9.55. The summed E-state index contributed by atoms with van der Waals surface area (Å²) in [6, 6.07) is 13.2. The zero-order valence-electron chi connectivity index (χ0n) is 15.7. The third-order valence-corrected chi connectivity index (χ3v) is 8.72. The first-order valence-corrected chi connectivity index (χ1v) is 12.1. The highest BCUT2D eigenvalue weighted by molar-refractivity contribution is 7.99. The van der Waals surface area contributed by atoms with Gasteiger partial charge in [0, 0.05) is 28.8 Å². The number of ether oxygens (including phenoxy) is 1. The lowest BCUT2D eigenvalue weighted by Gasteiger charge is -2.24. The van der Waals surface area contributed by atoms with Gasteiger partial charge in [-0.05, 0) is 43.2 Å². The zero-order valence-corrected chi connectivity index (χ0v) is 17.4. The fraction of sp³-hybridized carbons (Fsp3) is 0.286. The van der Waals surface area contributed by atoms with Crippen LogP contribution in [0.3, 0.4) is 0 Å². The number of para-hydroxylation sites is 1. The Bertz CT molecular complexity index is 1190. The quantitative estimate of drug-likeness (QED) is 0.633. The number of thioether (sulfide) groups is 1. The Labute approximate surface area is 174 Å². The molecular formula is C21H21N3O3S2. The van der Waals surface area contributed by atoms with E-state index in [0.717, 1.165) is 34.0 Å². The molecule has 2 aliphatic rings. The molecule has 150 valence electrons. The number of hydrogen-bond donors (Lipinski definition) is 1. The molecular weight excluding hydrogens is 406 g/mol. The molecule has 1 aromatic heterocycles. The second-order valence-corrected chi connectivity index (χ2v) is 10.5. The zero-order chi connectivity index (χ0) is 20.0. The lowest BCUT2D eigenvalue weighted by molar-refractivity contribution is 0.0991. The summed E-state index contributed by atoms with van der Waals surface area (Å²) in [5.41, 5.74) is 9.20. The van der Waals surface area contributed by atoms with Crippen LogP contribution < -0.4 is 10.6 Å². The van der Waals surface area contributed by atoms with Crippen LogP contribution in [0.25, 0.3) is 10.9 Å². The smallest absolute Gasteiger partial charge is 0.185 e. The Morgan fingerprint density at radius 1 is 1.17 bits per heavy atom. The Kier molecular flexibility index (Phi) is 4.64. The second-order valence-electron chi connectivity index (χ2n) is 7.30. The summed E-state index contributed by atoms with van der Waals surface area (Å²) < 4.78 is 32.1. The van der Waals surface area contributed by atoms with E-state index in [1.807, 2.05) is 30.3 Å². The van der Waals surface area contributed by atoms with Gasteiger partial charge >= 0.3 is 0 Å². The molecule has 0 spiro atoms. The predicted molar refractivity (Wildman–Crippen MR) is 116 cm³/mol. The molecule has 0 bridgehead atoms. The van der Waals surface area contributed by atoms with E-state index in [0.29, 0.717) is 24.2 Å². The van der Waals surface area contributed by atoms with Crippen LogP contribution in [0.5, 0.6) is 0 Å². The number of rotatable bonds is 3. The van der Waals surface area contributed by atoms with Gasteiger partial charge in [-0.3, -0.25) is 4.98 Å². The van der Waals surface area contributed by atoms with Crippen molar-refractivity contribution in [3.63, 3.8) is 0 Å². The fourth-order valence-corrected chi connectivity index (χ4v) is 6.84. The number of nitrogen functional groups attached to an aromatic ring is 1. The molecule has 2 aromatic carbocycles. The Balaban J connectivity index is 1.64. The van der Waals surface area contributed by atoms with Crippen molar-refractivity contribution < 1.29 is 13.2 Å². The lowest BCUT2D eigenvalue weighted by Crippen LogP contribution is -2.31. The molecule has 6 nitrogen and oxygen atoms in total. The molecule has 0 saturated carbocycles. The van der Waals surface area contributed by atoms with E-state index in [-0.39, 0.29) is 11.5 Å². The maximum absolute atomic E-state index is 13.3. The molecule has 0 unspecified atom stereocenters. The molecule has 1 fully saturated rings. The van der Waals surface area contributed by atoms with E-state index in [1.165, 1.54) is 0 Å². The summed E-state index contributed by atoms with van der Waals surface area (Å²) in [7, 11) is -3.53. The van der Waals surface area contributed by atoms with Gasteiger partial charge in [0.25, 0.3) is 0 Å². The van der Waals surface area contributed by atoms with E-state index >= 15 is 0 Å². The second kappa shape index (κ2) is 7.19. The molecule has 3 aromatic rings. The van der Waals surface area contributed by atoms with Crippen molar-refractivity contribution in [3.8, 4) is 0 Å². The summed E-state index contributed by atoms with van der Waals surface area (Å²) in [4.78, 5) is 8.08. The number of sulfone groups is 1. The SMILES string of the molecule is Nc1ccc2c(c1)N(c1ccnc3c(S(=O)(=O)[C@H]4CCCOC4)cccc13)CS2. The van der Waals surface area contributed by atoms with Crippen molar-refractivity contribution in [3.05, 3.63) is 48.7 Å². The van der Waals surface area contributed by atoms with Crippen molar-refractivity contribution in [1.29, 1.82) is 0 Å². The topological polar surface area (TPSA) is 85.5 Å². The number of anilines is 3. The van der Waals surface area contributed by atoms with Crippen LogP contribution in [0.15, 0.2) is 58.5 Å². The molecule has 1 saturated heterocycles. The summed E-state index contributed by atoms with van der Waals surface area (Å²) in [6.45, 7) is 0.868. The summed E-state index contributed by atoms with van der Waals surface area (Å²) >= 11 is 1.74. The van der Waals surface area contributed by atoms with Gasteiger partial charge in [0.05, 0.1) is 39.5 Å².